The van der Waals surface area contributed by atoms with Crippen LogP contribution in [0.15, 0.2) is 84.9 Å². The molecule has 1 aliphatic heterocycles. The number of para-hydroxylation sites is 1. The largest absolute Gasteiger partial charge is 0.489 e. The average Bonchev–Trinajstić information content (AvgIpc) is 3.15. The third-order valence-corrected chi connectivity index (χ3v) is 6.40. The van der Waals surface area contributed by atoms with Gasteiger partial charge in [0.15, 0.2) is 3.95 Å². The quantitative estimate of drug-likeness (QED) is 0.387. The second kappa shape index (κ2) is 8.37. The molecule has 0 aliphatic carbocycles. The van der Waals surface area contributed by atoms with Crippen molar-refractivity contribution in [3.05, 3.63) is 105 Å². The summed E-state index contributed by atoms with van der Waals surface area (Å²) >= 11 is 6.86. The van der Waals surface area contributed by atoms with Gasteiger partial charge in [-0.3, -0.25) is 9.36 Å². The highest BCUT2D eigenvalue weighted by atomic mass is 32.1. The molecule has 5 nitrogen and oxygen atoms in total. The first-order valence-electron chi connectivity index (χ1n) is 9.84. The van der Waals surface area contributed by atoms with Crippen LogP contribution in [-0.4, -0.2) is 10.5 Å². The molecule has 1 aromatic heterocycles. The molecule has 2 N–H and O–H groups in total. The number of carbonyl (C=O) groups is 1. The molecule has 1 amide bonds. The number of aromatic nitrogens is 1. The zero-order valence-electron chi connectivity index (χ0n) is 16.4. The van der Waals surface area contributed by atoms with Gasteiger partial charge in [-0.2, -0.15) is 0 Å². The Morgan fingerprint density at radius 3 is 2.45 bits per heavy atom. The van der Waals surface area contributed by atoms with E-state index in [9.17, 15) is 4.79 Å². The number of rotatable bonds is 5. The Balaban J connectivity index is 1.42. The molecule has 4 aromatic rings. The Bertz CT molecular complexity index is 1280. The van der Waals surface area contributed by atoms with Gasteiger partial charge in [-0.15, -0.1) is 0 Å². The third kappa shape index (κ3) is 3.97. The summed E-state index contributed by atoms with van der Waals surface area (Å²) in [5.74, 6) is 1.32. The fraction of sp³-hybridized carbons (Fsp3) is 0.0833. The number of carbonyl (C=O) groups excluding carboxylic acids is 1. The molecule has 31 heavy (non-hydrogen) atoms. The van der Waals surface area contributed by atoms with E-state index in [4.69, 9.17) is 17.0 Å². The standard InChI is InChI=1S/C24H19N3O2S2/c28-23-20-22(27(24(30)31-20)18-11-5-2-6-12-18)25-21(26-23)17-10-7-13-19(14-17)29-15-16-8-3-1-4-9-16/h1-14,21,25H,15H2,(H,26,28)/t21-/m1/s1. The molecule has 3 aromatic carbocycles. The number of thiazole rings is 1. The summed E-state index contributed by atoms with van der Waals surface area (Å²) in [6.07, 6.45) is -0.390. The Hall–Kier alpha value is -3.42. The maximum absolute atomic E-state index is 12.8. The van der Waals surface area contributed by atoms with E-state index in [2.05, 4.69) is 10.6 Å². The SMILES string of the molecule is O=C1N[C@H](c2cccc(OCc3ccccc3)c2)Nc2c1sc(=S)n2-c1ccccc1. The van der Waals surface area contributed by atoms with E-state index in [1.54, 1.807) is 0 Å². The molecule has 0 spiro atoms. The Morgan fingerprint density at radius 2 is 1.68 bits per heavy atom. The topological polar surface area (TPSA) is 55.3 Å². The van der Waals surface area contributed by atoms with Crippen LogP contribution in [0.4, 0.5) is 5.82 Å². The van der Waals surface area contributed by atoms with E-state index in [-0.39, 0.29) is 12.1 Å². The third-order valence-electron chi connectivity index (χ3n) is 5.03. The Morgan fingerprint density at radius 1 is 0.935 bits per heavy atom. The number of anilines is 1. The maximum atomic E-state index is 12.8. The highest BCUT2D eigenvalue weighted by Gasteiger charge is 2.30. The predicted octanol–water partition coefficient (Wildman–Crippen LogP) is 5.70. The fourth-order valence-corrected chi connectivity index (χ4v) is 4.84. The summed E-state index contributed by atoms with van der Waals surface area (Å²) in [5, 5.41) is 6.48. The molecule has 7 heteroatoms. The van der Waals surface area contributed by atoms with Gasteiger partial charge in [-0.1, -0.05) is 72.0 Å². The minimum Gasteiger partial charge on any atom is -0.489 e. The van der Waals surface area contributed by atoms with Crippen molar-refractivity contribution in [3.63, 3.8) is 0 Å². The number of hydrogen-bond acceptors (Lipinski definition) is 5. The lowest BCUT2D eigenvalue weighted by Crippen LogP contribution is -2.38. The van der Waals surface area contributed by atoms with Crippen LogP contribution in [0.2, 0.25) is 0 Å². The molecule has 0 fully saturated rings. The average molecular weight is 446 g/mol. The molecule has 0 saturated carbocycles. The van der Waals surface area contributed by atoms with E-state index in [1.807, 2.05) is 89.5 Å². The van der Waals surface area contributed by atoms with Gasteiger partial charge in [-0.05, 0) is 47.6 Å². The minimum absolute atomic E-state index is 0.139. The number of hydrogen-bond donors (Lipinski definition) is 2. The first-order chi connectivity index (χ1) is 15.2. The normalized spacial score (nSPS) is 15.0. The summed E-state index contributed by atoms with van der Waals surface area (Å²) in [7, 11) is 0. The maximum Gasteiger partial charge on any atom is 0.267 e. The van der Waals surface area contributed by atoms with Gasteiger partial charge >= 0.3 is 0 Å². The van der Waals surface area contributed by atoms with Crippen molar-refractivity contribution < 1.29 is 9.53 Å². The summed E-state index contributed by atoms with van der Waals surface area (Å²) < 4.78 is 8.49. The Kier molecular flexibility index (Phi) is 5.28. The first-order valence-corrected chi connectivity index (χ1v) is 11.1. The predicted molar refractivity (Wildman–Crippen MR) is 126 cm³/mol. The Labute approximate surface area is 188 Å². The molecule has 1 aliphatic rings. The van der Waals surface area contributed by atoms with Gasteiger partial charge in [0, 0.05) is 5.69 Å². The van der Waals surface area contributed by atoms with Crippen LogP contribution < -0.4 is 15.4 Å². The van der Waals surface area contributed by atoms with E-state index < -0.39 is 0 Å². The van der Waals surface area contributed by atoms with Crippen LogP contribution in [0.5, 0.6) is 5.75 Å². The zero-order chi connectivity index (χ0) is 21.2. The molecule has 0 radical (unpaired) electrons. The molecule has 154 valence electrons. The van der Waals surface area contributed by atoms with Crippen LogP contribution in [0.3, 0.4) is 0 Å². The summed E-state index contributed by atoms with van der Waals surface area (Å²) in [5.41, 5.74) is 2.92. The van der Waals surface area contributed by atoms with Crippen molar-refractivity contribution in [1.29, 1.82) is 0 Å². The molecular weight excluding hydrogens is 426 g/mol. The molecule has 0 unspecified atom stereocenters. The van der Waals surface area contributed by atoms with E-state index >= 15 is 0 Å². The van der Waals surface area contributed by atoms with Crippen molar-refractivity contribution in [3.8, 4) is 11.4 Å². The van der Waals surface area contributed by atoms with Gasteiger partial charge in [-0.25, -0.2) is 0 Å². The highest BCUT2D eigenvalue weighted by Crippen LogP contribution is 2.34. The number of ether oxygens (including phenoxy) is 1. The smallest absolute Gasteiger partial charge is 0.267 e. The molecular formula is C24H19N3O2S2. The number of benzene rings is 3. The summed E-state index contributed by atoms with van der Waals surface area (Å²) in [4.78, 5) is 13.4. The minimum atomic E-state index is -0.390. The second-order valence-corrected chi connectivity index (χ2v) is 8.76. The highest BCUT2D eigenvalue weighted by molar-refractivity contribution is 7.73. The van der Waals surface area contributed by atoms with Gasteiger partial charge in [0.2, 0.25) is 0 Å². The number of amides is 1. The van der Waals surface area contributed by atoms with Gasteiger partial charge in [0.1, 0.15) is 29.2 Å². The van der Waals surface area contributed by atoms with Gasteiger partial charge in [0.25, 0.3) is 5.91 Å². The molecule has 2 heterocycles. The lowest BCUT2D eigenvalue weighted by atomic mass is 10.1. The number of fused-ring (bicyclic) bond motifs is 1. The molecule has 0 saturated heterocycles. The fourth-order valence-electron chi connectivity index (χ4n) is 3.53. The van der Waals surface area contributed by atoms with Crippen molar-refractivity contribution in [2.45, 2.75) is 12.8 Å². The zero-order valence-corrected chi connectivity index (χ0v) is 18.1. The van der Waals surface area contributed by atoms with Crippen molar-refractivity contribution in [1.82, 2.24) is 9.88 Å². The summed E-state index contributed by atoms with van der Waals surface area (Å²) in [6, 6.07) is 27.6. The van der Waals surface area contributed by atoms with Crippen molar-refractivity contribution in [2.24, 2.45) is 0 Å². The van der Waals surface area contributed by atoms with Crippen molar-refractivity contribution >= 4 is 35.3 Å². The lowest BCUT2D eigenvalue weighted by molar-refractivity contribution is 0.0939. The van der Waals surface area contributed by atoms with E-state index in [0.717, 1.165) is 22.6 Å². The van der Waals surface area contributed by atoms with Crippen molar-refractivity contribution in [2.75, 3.05) is 5.32 Å². The monoisotopic (exact) mass is 445 g/mol. The van der Waals surface area contributed by atoms with Crippen LogP contribution in [-0.2, 0) is 6.61 Å². The number of nitrogens with one attached hydrogen (secondary N) is 2. The van der Waals surface area contributed by atoms with E-state index in [1.165, 1.54) is 11.3 Å². The first kappa shape index (κ1) is 19.5. The van der Waals surface area contributed by atoms with Gasteiger partial charge < -0.3 is 15.4 Å². The number of nitrogens with zero attached hydrogens (tertiary/aromatic N) is 1. The van der Waals surface area contributed by atoms with Gasteiger partial charge in [0.05, 0.1) is 0 Å². The van der Waals surface area contributed by atoms with Crippen LogP contribution in [0.1, 0.15) is 27.0 Å². The lowest BCUT2D eigenvalue weighted by Gasteiger charge is -2.27. The molecule has 0 bridgehead atoms. The molecule has 5 rings (SSSR count). The van der Waals surface area contributed by atoms with Crippen LogP contribution >= 0.6 is 23.6 Å². The second-order valence-electron chi connectivity index (χ2n) is 7.11. The summed E-state index contributed by atoms with van der Waals surface area (Å²) in [6.45, 7) is 0.483. The van der Waals surface area contributed by atoms with E-state index in [0.29, 0.717) is 21.3 Å². The molecule has 1 atom stereocenters. The van der Waals surface area contributed by atoms with Crippen LogP contribution in [0, 0.1) is 3.95 Å². The van der Waals surface area contributed by atoms with Crippen LogP contribution in [0.25, 0.3) is 5.69 Å².